The number of aromatic nitrogens is 2. The molecule has 0 aliphatic carbocycles. The largest absolute Gasteiger partial charge is 1.00 e. The van der Waals surface area contributed by atoms with E-state index in [-0.39, 0.29) is 68.7 Å². The Hall–Kier alpha value is -3.13. The Morgan fingerprint density at radius 3 is 1.90 bits per heavy atom. The molecule has 0 saturated carbocycles. The Morgan fingerprint density at radius 2 is 1.36 bits per heavy atom. The number of likely N-dealkylation sites (N-methyl/N-ethyl adjacent to an activating group) is 1. The molecule has 86 heavy (non-hydrogen) atoms. The summed E-state index contributed by atoms with van der Waals surface area (Å²) in [7, 11) is 3.34. The molecule has 3 aliphatic heterocycles. The van der Waals surface area contributed by atoms with E-state index in [4.69, 9.17) is 33.5 Å². The summed E-state index contributed by atoms with van der Waals surface area (Å²) in [5.41, 5.74) is -2.78. The Labute approximate surface area is 522 Å². The third kappa shape index (κ3) is 18.5. The van der Waals surface area contributed by atoms with E-state index in [0.29, 0.717) is 12.8 Å². The monoisotopic (exact) mass is 1240 g/mol. The van der Waals surface area contributed by atoms with Crippen LogP contribution in [0.25, 0.3) is 0 Å². The van der Waals surface area contributed by atoms with Crippen LogP contribution in [0.1, 0.15) is 179 Å². The molecule has 5 N–H and O–H groups in total. The molecule has 17 nitrogen and oxygen atoms in total. The summed E-state index contributed by atoms with van der Waals surface area (Å²) in [6.45, 7) is 20.4. The molecule has 3 aliphatic rings. The van der Waals surface area contributed by atoms with Crippen LogP contribution in [-0.4, -0.2) is 182 Å². The number of ether oxygens (including phenoxy) is 6. The molecule has 4 heterocycles. The maximum atomic E-state index is 14.6. The maximum absolute atomic E-state index is 14.6. The predicted molar refractivity (Wildman–Crippen MR) is 336 cm³/mol. The molecule has 19 heteroatoms. The van der Waals surface area contributed by atoms with Gasteiger partial charge in [-0.15, -0.1) is 0 Å². The Kier molecular flexibility index (Phi) is 28.9. The summed E-state index contributed by atoms with van der Waals surface area (Å²) >= 11 is 0. The second-order valence-electron chi connectivity index (χ2n) is 26.4. The number of nitrogens with zero attached hydrogens (tertiary/aromatic N) is 4. The van der Waals surface area contributed by atoms with E-state index in [0.717, 1.165) is 44.7 Å². The van der Waals surface area contributed by atoms with Gasteiger partial charge in [0.2, 0.25) is 5.91 Å². The van der Waals surface area contributed by atoms with Crippen LogP contribution in [-0.2, 0) is 38.0 Å². The van der Waals surface area contributed by atoms with Gasteiger partial charge in [0.05, 0.1) is 66.1 Å². The molecular formula is C67H110ClN4O13P. The van der Waals surface area contributed by atoms with Gasteiger partial charge in [-0.2, -0.15) is 5.10 Å². The van der Waals surface area contributed by atoms with Crippen LogP contribution in [0.3, 0.4) is 0 Å². The summed E-state index contributed by atoms with van der Waals surface area (Å²) in [6.07, 6.45) is 5.39. The number of hydrogen-bond acceptors (Lipinski definition) is 15. The minimum Gasteiger partial charge on any atom is -1.00 e. The maximum Gasteiger partial charge on any atom is 0.311 e. The molecular weight excluding hydrogens is 1140 g/mol. The number of methoxy groups -OCH3 is 1. The smallest absolute Gasteiger partial charge is 0.311 e. The number of halogens is 1. The van der Waals surface area contributed by atoms with Crippen LogP contribution >= 0.6 is 7.26 Å². The summed E-state index contributed by atoms with van der Waals surface area (Å²) < 4.78 is 40.2. The van der Waals surface area contributed by atoms with Crippen molar-refractivity contribution in [2.24, 2.45) is 17.8 Å². The Morgan fingerprint density at radius 1 is 0.791 bits per heavy atom. The van der Waals surface area contributed by atoms with Crippen molar-refractivity contribution in [2.45, 2.75) is 269 Å². The zero-order valence-electron chi connectivity index (χ0n) is 54.4. The summed E-state index contributed by atoms with van der Waals surface area (Å²) in [5, 5.41) is 68.7. The standard InChI is InChI=1S/C67H110N4O13P.ClH/c1-15-55-60(75)58(73)49(8)70(56(72)36-30-22-20-18-16-17-19-21-23-31-37-85(51-32-26-24-27-33-51,52-34-28-25-29-35-52)53-41-68-71(43-53)44(2)3)42-45(4)39-66(10,78)63(84-65-59(74)54(69(12)13)38-46(5)80-65)47(6)61(48(7)64(77)82-55)83-57-40-67(11,79-14)62(76)50(9)81-57;/h24-29,32-35,41,43-50,54-55,57-63,65,73-76,78H,15-23,30-31,36-40,42H2,1-14H3;1H/q+1;/p-1/t45-,46-,47+,48-,49-,50+,54+,55-,57+,58-,59-,60-,61+,62+,63-,65+,66-,67-;/m1./s1. The molecule has 3 saturated heterocycles. The molecule has 2 aromatic carbocycles. The lowest BCUT2D eigenvalue weighted by molar-refractivity contribution is -0.318. The van der Waals surface area contributed by atoms with Crippen molar-refractivity contribution in [3.05, 3.63) is 73.1 Å². The van der Waals surface area contributed by atoms with Crippen molar-refractivity contribution < 1.29 is 75.9 Å². The van der Waals surface area contributed by atoms with Crippen molar-refractivity contribution in [3.8, 4) is 0 Å². The lowest BCUT2D eigenvalue weighted by atomic mass is 9.77. The van der Waals surface area contributed by atoms with Gasteiger partial charge < -0.3 is 76.2 Å². The number of carbonyl (C=O) groups excluding carboxylic acids is 2. The zero-order chi connectivity index (χ0) is 62.4. The summed E-state index contributed by atoms with van der Waals surface area (Å²) in [5.74, 6) is -3.22. The first-order chi connectivity index (χ1) is 40.3. The molecule has 1 aromatic heterocycles. The van der Waals surface area contributed by atoms with Crippen molar-refractivity contribution in [2.75, 3.05) is 33.9 Å². The van der Waals surface area contributed by atoms with Gasteiger partial charge >= 0.3 is 5.97 Å². The molecule has 1 amide bonds. The van der Waals surface area contributed by atoms with Gasteiger partial charge in [0.1, 0.15) is 53.7 Å². The number of carbonyl (C=O) groups is 2. The Balaban J connectivity index is 0.0000135. The van der Waals surface area contributed by atoms with Crippen LogP contribution < -0.4 is 28.3 Å². The van der Waals surface area contributed by atoms with E-state index in [9.17, 15) is 35.1 Å². The van der Waals surface area contributed by atoms with Gasteiger partial charge in [0.15, 0.2) is 12.6 Å². The fraction of sp³-hybridized carbons (Fsp3) is 0.746. The lowest BCUT2D eigenvalue weighted by Gasteiger charge is -2.48. The van der Waals surface area contributed by atoms with Crippen LogP contribution in [0.4, 0.5) is 0 Å². The Bertz CT molecular complexity index is 2420. The van der Waals surface area contributed by atoms with Crippen LogP contribution in [0.15, 0.2) is 73.1 Å². The van der Waals surface area contributed by atoms with Crippen LogP contribution in [0, 0.1) is 17.8 Å². The highest BCUT2D eigenvalue weighted by Crippen LogP contribution is 2.56. The van der Waals surface area contributed by atoms with E-state index in [2.05, 4.69) is 91.6 Å². The van der Waals surface area contributed by atoms with Gasteiger partial charge in [0, 0.05) is 44.5 Å². The number of benzene rings is 2. The van der Waals surface area contributed by atoms with Crippen molar-refractivity contribution in [1.82, 2.24) is 19.6 Å². The molecule has 3 aromatic rings. The minimum absolute atomic E-state index is 0. The first kappa shape index (κ1) is 73.6. The highest BCUT2D eigenvalue weighted by atomic mass is 35.5. The summed E-state index contributed by atoms with van der Waals surface area (Å²) in [4.78, 5) is 32.6. The molecule has 488 valence electrons. The molecule has 0 bridgehead atoms. The molecule has 0 unspecified atom stereocenters. The van der Waals surface area contributed by atoms with Gasteiger partial charge in [0.25, 0.3) is 0 Å². The van der Waals surface area contributed by atoms with Crippen molar-refractivity contribution >= 4 is 35.1 Å². The molecule has 18 atom stereocenters. The van der Waals surface area contributed by atoms with Crippen LogP contribution in [0.5, 0.6) is 0 Å². The normalized spacial score (nSPS) is 33.6. The number of rotatable bonds is 24. The van der Waals surface area contributed by atoms with Gasteiger partial charge in [-0.25, -0.2) is 0 Å². The third-order valence-corrected chi connectivity index (χ3v) is 23.3. The molecule has 0 spiro atoms. The van der Waals surface area contributed by atoms with Crippen LogP contribution in [0.2, 0.25) is 0 Å². The number of amides is 1. The molecule has 0 radical (unpaired) electrons. The van der Waals surface area contributed by atoms with Gasteiger partial charge in [-0.1, -0.05) is 102 Å². The number of esters is 1. The fourth-order valence-electron chi connectivity index (χ4n) is 13.7. The fourth-order valence-corrected chi connectivity index (χ4v) is 18.0. The number of aliphatic hydroxyl groups excluding tert-OH is 4. The second-order valence-corrected chi connectivity index (χ2v) is 30.0. The van der Waals surface area contributed by atoms with E-state index in [1.165, 1.54) is 42.3 Å². The average Bonchev–Trinajstić information content (AvgIpc) is 1.48. The number of hydrogen-bond donors (Lipinski definition) is 5. The number of unbranched alkanes of at least 4 members (excludes halogenated alkanes) is 9. The minimum atomic E-state index is -1.93. The van der Waals surface area contributed by atoms with E-state index in [1.807, 2.05) is 32.8 Å². The second kappa shape index (κ2) is 33.8. The van der Waals surface area contributed by atoms with E-state index >= 15 is 0 Å². The van der Waals surface area contributed by atoms with Crippen molar-refractivity contribution in [1.29, 1.82) is 0 Å². The quantitative estimate of drug-likeness (QED) is 0.0427. The third-order valence-electron chi connectivity index (χ3n) is 18.9. The number of cyclic esters (lactones) is 1. The molecule has 6 rings (SSSR count). The number of aliphatic hydroxyl groups is 5. The lowest BCUT2D eigenvalue weighted by Crippen LogP contribution is -3.00. The first-order valence-corrected chi connectivity index (χ1v) is 34.1. The van der Waals surface area contributed by atoms with Gasteiger partial charge in [-0.05, 0) is 138 Å². The summed E-state index contributed by atoms with van der Waals surface area (Å²) in [6, 6.07) is 21.2. The predicted octanol–water partition coefficient (Wildman–Crippen LogP) is 5.47. The molecule has 3 fully saturated rings. The van der Waals surface area contributed by atoms with E-state index < -0.39 is 110 Å². The van der Waals surface area contributed by atoms with E-state index in [1.54, 1.807) is 53.4 Å². The van der Waals surface area contributed by atoms with Crippen molar-refractivity contribution in [3.63, 3.8) is 0 Å². The first-order valence-electron chi connectivity index (χ1n) is 32.1. The van der Waals surface area contributed by atoms with Gasteiger partial charge in [-0.3, -0.25) is 14.3 Å². The topological polar surface area (TPSA) is 215 Å². The highest BCUT2D eigenvalue weighted by molar-refractivity contribution is 7.95. The average molecular weight is 1250 g/mol. The highest BCUT2D eigenvalue weighted by Gasteiger charge is 2.53. The zero-order valence-corrected chi connectivity index (χ0v) is 56.0. The SMILES string of the molecule is CC[C@H]1OC(=O)[C@H](C)[C@@H](O[C@H]2C[C@@](C)(OC)[C@@H](O)[C@H](C)O2)[C@H](C)[C@@H](O[C@@H]2O[C@H](C)C[C@H](N(C)C)[C@H]2O)[C@](C)(O)C[C@@H](C)CN(C(=O)CCCCCCCCCCCC[P+](c2ccccc2)(c2ccccc2)c2cnn(C(C)C)c2)[C@H](C)[C@@H](O)[C@@H]1O.[Cl-].